The normalized spacial score (nSPS) is 11.5. The van der Waals surface area contributed by atoms with Gasteiger partial charge in [0, 0.05) is 5.88 Å². The highest BCUT2D eigenvalue weighted by atomic mass is 79.9. The lowest BCUT2D eigenvalue weighted by Gasteiger charge is -2.14. The molecule has 0 aromatic heterocycles. The molecular formula is C11H11BrClF3O3. The Kier molecular flexibility index (Phi) is 6.22. The summed E-state index contributed by atoms with van der Waals surface area (Å²) in [6.07, 6.45) is -4.38. The summed E-state index contributed by atoms with van der Waals surface area (Å²) in [4.78, 5) is 0. The van der Waals surface area contributed by atoms with Crippen LogP contribution in [0.25, 0.3) is 0 Å². The number of halogens is 5. The lowest BCUT2D eigenvalue weighted by atomic mass is 10.2. The van der Waals surface area contributed by atoms with Crippen molar-refractivity contribution in [1.29, 1.82) is 0 Å². The molecule has 0 N–H and O–H groups in total. The Labute approximate surface area is 121 Å². The first-order valence-electron chi connectivity index (χ1n) is 5.07. The molecule has 1 rings (SSSR count). The van der Waals surface area contributed by atoms with E-state index in [4.69, 9.17) is 21.1 Å². The summed E-state index contributed by atoms with van der Waals surface area (Å²) in [7, 11) is 1.42. The van der Waals surface area contributed by atoms with Crippen molar-refractivity contribution in [1.82, 2.24) is 0 Å². The van der Waals surface area contributed by atoms with Gasteiger partial charge in [-0.05, 0) is 33.6 Å². The van der Waals surface area contributed by atoms with Gasteiger partial charge in [0.15, 0.2) is 18.3 Å². The summed E-state index contributed by atoms with van der Waals surface area (Å²) in [6.45, 7) is -1.90. The Hall–Kier alpha value is -0.660. The van der Waals surface area contributed by atoms with E-state index >= 15 is 0 Å². The minimum atomic E-state index is -4.38. The van der Waals surface area contributed by atoms with E-state index in [1.54, 1.807) is 12.1 Å². The molecule has 108 valence electrons. The smallest absolute Gasteiger partial charge is 0.411 e. The van der Waals surface area contributed by atoms with Crippen molar-refractivity contribution in [2.24, 2.45) is 0 Å². The summed E-state index contributed by atoms with van der Waals surface area (Å²) in [5, 5.41) is 0. The van der Waals surface area contributed by atoms with Crippen LogP contribution in [0.3, 0.4) is 0 Å². The third-order valence-corrected chi connectivity index (χ3v) is 2.89. The first-order chi connectivity index (χ1) is 8.87. The Morgan fingerprint density at radius 2 is 2.00 bits per heavy atom. The van der Waals surface area contributed by atoms with Crippen LogP contribution in [0, 0.1) is 0 Å². The van der Waals surface area contributed by atoms with E-state index in [9.17, 15) is 13.2 Å². The van der Waals surface area contributed by atoms with Crippen LogP contribution in [-0.2, 0) is 10.6 Å². The highest BCUT2D eigenvalue weighted by Gasteiger charge is 2.27. The van der Waals surface area contributed by atoms with Crippen molar-refractivity contribution >= 4 is 27.5 Å². The lowest BCUT2D eigenvalue weighted by Crippen LogP contribution is -2.19. The Morgan fingerprint density at radius 1 is 1.32 bits per heavy atom. The highest BCUT2D eigenvalue weighted by molar-refractivity contribution is 9.10. The van der Waals surface area contributed by atoms with Gasteiger partial charge in [-0.15, -0.1) is 11.6 Å². The van der Waals surface area contributed by atoms with Gasteiger partial charge in [0.1, 0.15) is 6.61 Å². The first-order valence-corrected chi connectivity index (χ1v) is 6.40. The number of alkyl halides is 4. The summed E-state index contributed by atoms with van der Waals surface area (Å²) < 4.78 is 50.7. The fourth-order valence-electron chi connectivity index (χ4n) is 1.25. The van der Waals surface area contributed by atoms with Crippen LogP contribution in [0.2, 0.25) is 0 Å². The SMILES string of the molecule is COc1cc(CCl)cc(Br)c1OCOCC(F)(F)F. The summed E-state index contributed by atoms with van der Waals surface area (Å²) in [5.74, 6) is 0.902. The molecule has 0 heterocycles. The van der Waals surface area contributed by atoms with Crippen molar-refractivity contribution in [3.05, 3.63) is 22.2 Å². The molecule has 0 atom stereocenters. The molecule has 0 radical (unpaired) electrons. The minimum absolute atomic E-state index is 0.263. The molecule has 0 saturated heterocycles. The van der Waals surface area contributed by atoms with E-state index in [1.807, 2.05) is 0 Å². The summed E-state index contributed by atoms with van der Waals surface area (Å²) in [5.41, 5.74) is 0.786. The summed E-state index contributed by atoms with van der Waals surface area (Å²) in [6, 6.07) is 3.32. The first kappa shape index (κ1) is 16.4. The molecule has 0 spiro atoms. The largest absolute Gasteiger partial charge is 0.493 e. The van der Waals surface area contributed by atoms with Crippen LogP contribution in [0.15, 0.2) is 16.6 Å². The fraction of sp³-hybridized carbons (Fsp3) is 0.455. The standard InChI is InChI=1S/C11H11BrClF3O3/c1-17-9-3-7(4-13)2-8(12)10(9)19-6-18-5-11(14,15)16/h2-3H,4-6H2,1H3. The molecule has 0 unspecified atom stereocenters. The van der Waals surface area contributed by atoms with Gasteiger partial charge in [0.05, 0.1) is 11.6 Å². The number of hydrogen-bond donors (Lipinski definition) is 0. The van der Waals surface area contributed by atoms with Gasteiger partial charge in [0.25, 0.3) is 0 Å². The Balaban J connectivity index is 2.67. The van der Waals surface area contributed by atoms with Crippen molar-refractivity contribution in [3.8, 4) is 11.5 Å². The number of benzene rings is 1. The average molecular weight is 364 g/mol. The topological polar surface area (TPSA) is 27.7 Å². The van der Waals surface area contributed by atoms with Crippen molar-refractivity contribution in [2.45, 2.75) is 12.1 Å². The van der Waals surface area contributed by atoms with Gasteiger partial charge in [-0.25, -0.2) is 0 Å². The van der Waals surface area contributed by atoms with Gasteiger partial charge in [-0.3, -0.25) is 0 Å². The maximum Gasteiger partial charge on any atom is 0.411 e. The van der Waals surface area contributed by atoms with E-state index in [2.05, 4.69) is 20.7 Å². The van der Waals surface area contributed by atoms with Crippen LogP contribution in [0.4, 0.5) is 13.2 Å². The monoisotopic (exact) mass is 362 g/mol. The highest BCUT2D eigenvalue weighted by Crippen LogP contribution is 2.37. The lowest BCUT2D eigenvalue weighted by molar-refractivity contribution is -0.186. The predicted octanol–water partition coefficient (Wildman–Crippen LogP) is 4.11. The van der Waals surface area contributed by atoms with E-state index < -0.39 is 19.6 Å². The van der Waals surface area contributed by atoms with Gasteiger partial charge in [-0.1, -0.05) is 0 Å². The molecular weight excluding hydrogens is 352 g/mol. The molecule has 3 nitrogen and oxygen atoms in total. The molecule has 0 aliphatic heterocycles. The third-order valence-electron chi connectivity index (χ3n) is 2.00. The maximum atomic E-state index is 11.9. The van der Waals surface area contributed by atoms with Crippen molar-refractivity contribution in [3.63, 3.8) is 0 Å². The molecule has 0 fully saturated rings. The van der Waals surface area contributed by atoms with Gasteiger partial charge in [-0.2, -0.15) is 13.2 Å². The second-order valence-electron chi connectivity index (χ2n) is 3.47. The van der Waals surface area contributed by atoms with Crippen LogP contribution in [-0.4, -0.2) is 26.7 Å². The van der Waals surface area contributed by atoms with E-state index in [0.29, 0.717) is 10.2 Å². The van der Waals surface area contributed by atoms with Gasteiger partial charge < -0.3 is 14.2 Å². The third kappa shape index (κ3) is 5.46. The molecule has 0 aliphatic carbocycles. The van der Waals surface area contributed by atoms with Crippen molar-refractivity contribution in [2.75, 3.05) is 20.5 Å². The molecule has 1 aromatic rings. The number of hydrogen-bond acceptors (Lipinski definition) is 3. The molecule has 0 aliphatic rings. The van der Waals surface area contributed by atoms with E-state index in [0.717, 1.165) is 5.56 Å². The van der Waals surface area contributed by atoms with Gasteiger partial charge in [0.2, 0.25) is 0 Å². The minimum Gasteiger partial charge on any atom is -0.493 e. The second-order valence-corrected chi connectivity index (χ2v) is 4.59. The maximum absolute atomic E-state index is 11.9. The predicted molar refractivity (Wildman–Crippen MR) is 67.8 cm³/mol. The molecule has 1 aromatic carbocycles. The summed E-state index contributed by atoms with van der Waals surface area (Å²) >= 11 is 8.92. The Bertz CT molecular complexity index is 426. The number of methoxy groups -OCH3 is 1. The quantitative estimate of drug-likeness (QED) is 0.432. The van der Waals surface area contributed by atoms with Crippen LogP contribution in [0.1, 0.15) is 5.56 Å². The number of ether oxygens (including phenoxy) is 3. The molecule has 0 saturated carbocycles. The second kappa shape index (κ2) is 7.21. The van der Waals surface area contributed by atoms with E-state index in [1.165, 1.54) is 7.11 Å². The molecule has 0 amide bonds. The van der Waals surface area contributed by atoms with Crippen LogP contribution >= 0.6 is 27.5 Å². The zero-order valence-electron chi connectivity index (χ0n) is 9.89. The molecule has 8 heteroatoms. The van der Waals surface area contributed by atoms with Gasteiger partial charge >= 0.3 is 6.18 Å². The van der Waals surface area contributed by atoms with Crippen LogP contribution < -0.4 is 9.47 Å². The fourth-order valence-corrected chi connectivity index (χ4v) is 2.01. The molecule has 0 bridgehead atoms. The average Bonchev–Trinajstić information content (AvgIpc) is 2.34. The van der Waals surface area contributed by atoms with E-state index in [-0.39, 0.29) is 11.6 Å². The van der Waals surface area contributed by atoms with Crippen LogP contribution in [0.5, 0.6) is 11.5 Å². The van der Waals surface area contributed by atoms with Crippen molar-refractivity contribution < 1.29 is 27.4 Å². The molecule has 19 heavy (non-hydrogen) atoms. The zero-order valence-corrected chi connectivity index (χ0v) is 12.2. The zero-order chi connectivity index (χ0) is 14.5. The Morgan fingerprint density at radius 3 is 2.53 bits per heavy atom. The number of rotatable bonds is 6.